The smallest absolute Gasteiger partial charge is 0.272 e. The van der Waals surface area contributed by atoms with Crippen LogP contribution in [0.4, 0.5) is 5.82 Å². The van der Waals surface area contributed by atoms with Crippen molar-refractivity contribution in [1.29, 1.82) is 0 Å². The van der Waals surface area contributed by atoms with E-state index in [0.29, 0.717) is 24.7 Å². The molecule has 1 aliphatic heterocycles. The molecule has 2 rings (SSSR count). The number of likely N-dealkylation sites (N-methyl/N-ethyl adjacent to an activating group) is 1. The van der Waals surface area contributed by atoms with Gasteiger partial charge < -0.3 is 15.1 Å². The number of nitrogen functional groups attached to an aromatic ring is 1. The third kappa shape index (κ3) is 2.54. The number of ether oxygens (including phenoxy) is 1. The minimum atomic E-state index is -0.113. The Hall–Kier alpha value is -1.66. The molecule has 1 aliphatic rings. The molecule has 0 radical (unpaired) electrons. The number of amides is 1. The van der Waals surface area contributed by atoms with Crippen LogP contribution >= 0.6 is 0 Å². The van der Waals surface area contributed by atoms with Crippen LogP contribution in [-0.2, 0) is 4.74 Å². The molecule has 1 fully saturated rings. The summed E-state index contributed by atoms with van der Waals surface area (Å²) in [5, 5.41) is 0. The van der Waals surface area contributed by atoms with Gasteiger partial charge in [0.2, 0.25) is 0 Å². The first-order chi connectivity index (χ1) is 8.22. The highest BCUT2D eigenvalue weighted by Gasteiger charge is 2.25. The second-order valence-corrected chi connectivity index (χ2v) is 3.99. The monoisotopic (exact) mass is 236 g/mol. The zero-order valence-corrected chi connectivity index (χ0v) is 9.72. The number of pyridine rings is 1. The fourth-order valence-electron chi connectivity index (χ4n) is 1.81. The van der Waals surface area contributed by atoms with Crippen LogP contribution in [0, 0.1) is 0 Å². The van der Waals surface area contributed by atoms with Crippen LogP contribution in [0.5, 0.6) is 0 Å². The lowest BCUT2D eigenvalue weighted by molar-refractivity contribution is 0.0705. The topological polar surface area (TPSA) is 80.5 Å². The van der Waals surface area contributed by atoms with E-state index in [4.69, 9.17) is 10.6 Å². The Morgan fingerprint density at radius 2 is 2.47 bits per heavy atom. The molecular weight excluding hydrogens is 220 g/mol. The van der Waals surface area contributed by atoms with Crippen LogP contribution in [0.1, 0.15) is 16.9 Å². The van der Waals surface area contributed by atoms with Gasteiger partial charge in [-0.3, -0.25) is 4.79 Å². The highest BCUT2D eigenvalue weighted by molar-refractivity contribution is 5.92. The molecule has 92 valence electrons. The average Bonchev–Trinajstić information content (AvgIpc) is 2.91. The van der Waals surface area contributed by atoms with Crippen molar-refractivity contribution in [2.24, 2.45) is 5.84 Å². The Kier molecular flexibility index (Phi) is 3.55. The fourth-order valence-corrected chi connectivity index (χ4v) is 1.81. The third-order valence-electron chi connectivity index (χ3n) is 2.89. The van der Waals surface area contributed by atoms with Gasteiger partial charge in [0.1, 0.15) is 11.5 Å². The number of hydrogen-bond acceptors (Lipinski definition) is 5. The van der Waals surface area contributed by atoms with E-state index in [9.17, 15) is 4.79 Å². The van der Waals surface area contributed by atoms with Gasteiger partial charge in [-0.2, -0.15) is 0 Å². The van der Waals surface area contributed by atoms with Gasteiger partial charge in [0.05, 0.1) is 12.6 Å². The second-order valence-electron chi connectivity index (χ2n) is 3.99. The van der Waals surface area contributed by atoms with Gasteiger partial charge in [-0.25, -0.2) is 10.8 Å². The molecule has 2 heterocycles. The van der Waals surface area contributed by atoms with Crippen molar-refractivity contribution in [3.05, 3.63) is 23.9 Å². The molecule has 0 aliphatic carbocycles. The van der Waals surface area contributed by atoms with Crippen molar-refractivity contribution in [2.45, 2.75) is 12.5 Å². The summed E-state index contributed by atoms with van der Waals surface area (Å²) in [5.41, 5.74) is 2.81. The lowest BCUT2D eigenvalue weighted by Crippen LogP contribution is -2.37. The molecule has 1 aromatic heterocycles. The molecule has 6 heteroatoms. The Balaban J connectivity index is 2.12. The van der Waals surface area contributed by atoms with Crippen LogP contribution in [-0.4, -0.2) is 42.1 Å². The molecule has 0 spiro atoms. The van der Waals surface area contributed by atoms with Gasteiger partial charge in [0.25, 0.3) is 5.91 Å². The van der Waals surface area contributed by atoms with Crippen molar-refractivity contribution >= 4 is 11.7 Å². The maximum atomic E-state index is 12.1. The van der Waals surface area contributed by atoms with Gasteiger partial charge in [-0.1, -0.05) is 6.07 Å². The summed E-state index contributed by atoms with van der Waals surface area (Å²) in [7, 11) is 1.77. The molecule has 1 unspecified atom stereocenters. The highest BCUT2D eigenvalue weighted by Crippen LogP contribution is 2.14. The maximum absolute atomic E-state index is 12.1. The van der Waals surface area contributed by atoms with Gasteiger partial charge in [-0.15, -0.1) is 0 Å². The first-order valence-electron chi connectivity index (χ1n) is 5.51. The standard InChI is InChI=1S/C11H16N4O2/c1-15(8-5-6-17-7-8)11(16)9-3-2-4-10(13-9)14-12/h2-4,8H,5-7,12H2,1H3,(H,13,14). The molecule has 1 saturated heterocycles. The van der Waals surface area contributed by atoms with Crippen molar-refractivity contribution < 1.29 is 9.53 Å². The number of nitrogens with two attached hydrogens (primary N) is 1. The number of nitrogens with zero attached hydrogens (tertiary/aromatic N) is 2. The Labute approximate surface area is 99.7 Å². The van der Waals surface area contributed by atoms with Crippen molar-refractivity contribution in [2.75, 3.05) is 25.7 Å². The molecule has 0 bridgehead atoms. The molecule has 17 heavy (non-hydrogen) atoms. The Morgan fingerprint density at radius 3 is 3.12 bits per heavy atom. The summed E-state index contributed by atoms with van der Waals surface area (Å²) in [4.78, 5) is 17.9. The Bertz CT molecular complexity index is 404. The second kappa shape index (κ2) is 5.11. The van der Waals surface area contributed by atoms with Gasteiger partial charge in [-0.05, 0) is 18.6 Å². The fraction of sp³-hybridized carbons (Fsp3) is 0.455. The number of anilines is 1. The summed E-state index contributed by atoms with van der Waals surface area (Å²) in [6, 6.07) is 5.26. The van der Waals surface area contributed by atoms with E-state index < -0.39 is 0 Å². The van der Waals surface area contributed by atoms with E-state index in [1.807, 2.05) is 0 Å². The Morgan fingerprint density at radius 1 is 1.65 bits per heavy atom. The van der Waals surface area contributed by atoms with Crippen LogP contribution in [0.25, 0.3) is 0 Å². The van der Waals surface area contributed by atoms with Crippen molar-refractivity contribution in [3.63, 3.8) is 0 Å². The normalized spacial score (nSPS) is 19.1. The largest absolute Gasteiger partial charge is 0.379 e. The summed E-state index contributed by atoms with van der Waals surface area (Å²) in [5.74, 6) is 5.62. The molecule has 3 N–H and O–H groups in total. The van der Waals surface area contributed by atoms with E-state index in [2.05, 4.69) is 10.4 Å². The maximum Gasteiger partial charge on any atom is 0.272 e. The SMILES string of the molecule is CN(C(=O)c1cccc(NN)n1)C1CCOC1. The molecule has 0 saturated carbocycles. The van der Waals surface area contributed by atoms with E-state index in [1.165, 1.54) is 0 Å². The lowest BCUT2D eigenvalue weighted by atomic mass is 10.2. The van der Waals surface area contributed by atoms with Gasteiger partial charge >= 0.3 is 0 Å². The zero-order chi connectivity index (χ0) is 12.3. The summed E-state index contributed by atoms with van der Waals surface area (Å²) >= 11 is 0. The first kappa shape index (κ1) is 11.8. The predicted octanol–water partition coefficient (Wildman–Crippen LogP) is 0.228. The number of hydrogen-bond donors (Lipinski definition) is 2. The number of carbonyl (C=O) groups excluding carboxylic acids is 1. The molecule has 1 aromatic rings. The van der Waals surface area contributed by atoms with Crippen LogP contribution in [0.2, 0.25) is 0 Å². The predicted molar refractivity (Wildman–Crippen MR) is 63.4 cm³/mol. The summed E-state index contributed by atoms with van der Waals surface area (Å²) in [6.45, 7) is 1.30. The molecular formula is C11H16N4O2. The van der Waals surface area contributed by atoms with Crippen molar-refractivity contribution in [1.82, 2.24) is 9.88 Å². The van der Waals surface area contributed by atoms with E-state index in [-0.39, 0.29) is 11.9 Å². The number of rotatable bonds is 3. The number of carbonyl (C=O) groups is 1. The lowest BCUT2D eigenvalue weighted by Gasteiger charge is -2.22. The average molecular weight is 236 g/mol. The quantitative estimate of drug-likeness (QED) is 0.580. The van der Waals surface area contributed by atoms with Gasteiger partial charge in [0.15, 0.2) is 0 Å². The zero-order valence-electron chi connectivity index (χ0n) is 9.72. The number of hydrazine groups is 1. The van der Waals surface area contributed by atoms with Crippen LogP contribution in [0.15, 0.2) is 18.2 Å². The van der Waals surface area contributed by atoms with E-state index in [1.54, 1.807) is 30.1 Å². The number of aromatic nitrogens is 1. The summed E-state index contributed by atoms with van der Waals surface area (Å²) < 4.78 is 5.26. The van der Waals surface area contributed by atoms with Gasteiger partial charge in [0, 0.05) is 13.7 Å². The van der Waals surface area contributed by atoms with Crippen LogP contribution < -0.4 is 11.3 Å². The minimum Gasteiger partial charge on any atom is -0.379 e. The molecule has 1 atom stereocenters. The third-order valence-corrected chi connectivity index (χ3v) is 2.89. The van der Waals surface area contributed by atoms with Crippen LogP contribution in [0.3, 0.4) is 0 Å². The highest BCUT2D eigenvalue weighted by atomic mass is 16.5. The number of nitrogens with one attached hydrogen (secondary N) is 1. The van der Waals surface area contributed by atoms with Crippen molar-refractivity contribution in [3.8, 4) is 0 Å². The summed E-state index contributed by atoms with van der Waals surface area (Å²) in [6.07, 6.45) is 0.872. The van der Waals surface area contributed by atoms with E-state index >= 15 is 0 Å². The first-order valence-corrected chi connectivity index (χ1v) is 5.51. The molecule has 6 nitrogen and oxygen atoms in total. The molecule has 1 amide bonds. The minimum absolute atomic E-state index is 0.113. The van der Waals surface area contributed by atoms with E-state index in [0.717, 1.165) is 6.42 Å². The molecule has 0 aromatic carbocycles.